The molecule has 110 valence electrons. The molecule has 1 N–H and O–H groups in total. The Morgan fingerprint density at radius 2 is 1.56 bits per heavy atom. The van der Waals surface area contributed by atoms with Gasteiger partial charge >= 0.3 is 0 Å². The van der Waals surface area contributed by atoms with Crippen molar-refractivity contribution >= 4 is 0 Å². The summed E-state index contributed by atoms with van der Waals surface area (Å²) in [6, 6.07) is 0. The maximum atomic E-state index is 3.53. The molecule has 0 aliphatic heterocycles. The number of nitrogens with zero attached hydrogens (tertiary/aromatic N) is 1. The maximum Gasteiger partial charge on any atom is -0.000664 e. The zero-order chi connectivity index (χ0) is 13.8. The molecule has 18 heavy (non-hydrogen) atoms. The molecule has 0 bridgehead atoms. The summed E-state index contributed by atoms with van der Waals surface area (Å²) in [4.78, 5) is 2.64. The average Bonchev–Trinajstić information content (AvgIpc) is 2.27. The standard InChI is InChI=1S/C16H36N2/c1-6-11-18(12-7-9-15(2)3)13-8-10-17-14-16(4)5/h15-17H,6-14H2,1-5H3. The Morgan fingerprint density at radius 1 is 0.889 bits per heavy atom. The van der Waals surface area contributed by atoms with Crippen LogP contribution in [-0.2, 0) is 0 Å². The van der Waals surface area contributed by atoms with Gasteiger partial charge in [0.1, 0.15) is 0 Å². The van der Waals surface area contributed by atoms with E-state index in [4.69, 9.17) is 0 Å². The summed E-state index contributed by atoms with van der Waals surface area (Å²) >= 11 is 0. The minimum Gasteiger partial charge on any atom is -0.316 e. The van der Waals surface area contributed by atoms with Crippen molar-refractivity contribution in [3.8, 4) is 0 Å². The van der Waals surface area contributed by atoms with E-state index in [-0.39, 0.29) is 0 Å². The van der Waals surface area contributed by atoms with Crippen molar-refractivity contribution in [3.63, 3.8) is 0 Å². The van der Waals surface area contributed by atoms with Gasteiger partial charge in [-0.05, 0) is 70.2 Å². The monoisotopic (exact) mass is 256 g/mol. The molecule has 2 nitrogen and oxygen atoms in total. The lowest BCUT2D eigenvalue weighted by atomic mass is 10.1. The fraction of sp³-hybridized carbons (Fsp3) is 1.00. The van der Waals surface area contributed by atoms with Crippen molar-refractivity contribution in [2.75, 3.05) is 32.7 Å². The summed E-state index contributed by atoms with van der Waals surface area (Å²) in [6.45, 7) is 17.6. The Labute approximate surface area is 116 Å². The lowest BCUT2D eigenvalue weighted by Crippen LogP contribution is -2.30. The molecular weight excluding hydrogens is 220 g/mol. The second-order valence-corrected chi connectivity index (χ2v) is 6.33. The summed E-state index contributed by atoms with van der Waals surface area (Å²) in [5, 5.41) is 3.53. The molecule has 0 unspecified atom stereocenters. The number of hydrogen-bond donors (Lipinski definition) is 1. The summed E-state index contributed by atoms with van der Waals surface area (Å²) < 4.78 is 0. The molecule has 0 aliphatic rings. The first kappa shape index (κ1) is 17.9. The molecule has 0 saturated heterocycles. The van der Waals surface area contributed by atoms with E-state index in [9.17, 15) is 0 Å². The summed E-state index contributed by atoms with van der Waals surface area (Å²) in [6.07, 6.45) is 5.29. The Kier molecular flexibility index (Phi) is 11.9. The van der Waals surface area contributed by atoms with E-state index in [0.29, 0.717) is 0 Å². The van der Waals surface area contributed by atoms with Gasteiger partial charge in [-0.15, -0.1) is 0 Å². The molecule has 0 spiro atoms. The third kappa shape index (κ3) is 12.4. The molecule has 0 aromatic carbocycles. The predicted molar refractivity (Wildman–Crippen MR) is 83.1 cm³/mol. The van der Waals surface area contributed by atoms with E-state index in [1.165, 1.54) is 51.9 Å². The molecule has 0 amide bonds. The highest BCUT2D eigenvalue weighted by atomic mass is 15.1. The fourth-order valence-corrected chi connectivity index (χ4v) is 2.19. The van der Waals surface area contributed by atoms with Crippen LogP contribution in [0.1, 0.15) is 60.3 Å². The van der Waals surface area contributed by atoms with Gasteiger partial charge in [0.05, 0.1) is 0 Å². The van der Waals surface area contributed by atoms with Crippen LogP contribution in [0, 0.1) is 11.8 Å². The average molecular weight is 256 g/mol. The highest BCUT2D eigenvalue weighted by Crippen LogP contribution is 2.05. The van der Waals surface area contributed by atoms with Crippen LogP contribution in [0.15, 0.2) is 0 Å². The lowest BCUT2D eigenvalue weighted by molar-refractivity contribution is 0.259. The molecule has 0 aromatic heterocycles. The van der Waals surface area contributed by atoms with Crippen molar-refractivity contribution in [1.29, 1.82) is 0 Å². The van der Waals surface area contributed by atoms with Crippen LogP contribution in [0.4, 0.5) is 0 Å². The van der Waals surface area contributed by atoms with Gasteiger partial charge in [-0.25, -0.2) is 0 Å². The third-order valence-corrected chi connectivity index (χ3v) is 3.18. The van der Waals surface area contributed by atoms with E-state index in [1.807, 2.05) is 0 Å². The summed E-state index contributed by atoms with van der Waals surface area (Å²) in [7, 11) is 0. The fourth-order valence-electron chi connectivity index (χ4n) is 2.19. The zero-order valence-electron chi connectivity index (χ0n) is 13.5. The van der Waals surface area contributed by atoms with Crippen LogP contribution in [0.3, 0.4) is 0 Å². The van der Waals surface area contributed by atoms with Crippen LogP contribution in [0.5, 0.6) is 0 Å². The summed E-state index contributed by atoms with van der Waals surface area (Å²) in [5.74, 6) is 1.61. The highest BCUT2D eigenvalue weighted by Gasteiger charge is 2.04. The first-order valence-corrected chi connectivity index (χ1v) is 7.99. The maximum absolute atomic E-state index is 3.53. The van der Waals surface area contributed by atoms with E-state index in [1.54, 1.807) is 0 Å². The molecule has 0 aliphatic carbocycles. The Balaban J connectivity index is 3.56. The normalized spacial score (nSPS) is 12.0. The predicted octanol–water partition coefficient (Wildman–Crippen LogP) is 3.77. The van der Waals surface area contributed by atoms with E-state index in [2.05, 4.69) is 44.8 Å². The highest BCUT2D eigenvalue weighted by molar-refractivity contribution is 4.60. The number of hydrogen-bond acceptors (Lipinski definition) is 2. The van der Waals surface area contributed by atoms with Crippen molar-refractivity contribution in [2.24, 2.45) is 11.8 Å². The van der Waals surface area contributed by atoms with Crippen molar-refractivity contribution < 1.29 is 0 Å². The first-order valence-electron chi connectivity index (χ1n) is 7.99. The van der Waals surface area contributed by atoms with Gasteiger partial charge < -0.3 is 10.2 Å². The smallest absolute Gasteiger partial charge is 0.000664 e. The molecule has 0 heterocycles. The number of rotatable bonds is 12. The molecule has 0 saturated carbocycles. The van der Waals surface area contributed by atoms with Crippen LogP contribution >= 0.6 is 0 Å². The molecular formula is C16H36N2. The van der Waals surface area contributed by atoms with Crippen LogP contribution in [0.2, 0.25) is 0 Å². The van der Waals surface area contributed by atoms with Crippen LogP contribution in [-0.4, -0.2) is 37.6 Å². The van der Waals surface area contributed by atoms with E-state index >= 15 is 0 Å². The quantitative estimate of drug-likeness (QED) is 0.535. The Morgan fingerprint density at radius 3 is 2.11 bits per heavy atom. The van der Waals surface area contributed by atoms with E-state index in [0.717, 1.165) is 18.4 Å². The SMILES string of the molecule is CCCN(CCCNCC(C)C)CCCC(C)C. The Bertz CT molecular complexity index is 166. The van der Waals surface area contributed by atoms with Gasteiger partial charge in [0.15, 0.2) is 0 Å². The van der Waals surface area contributed by atoms with Gasteiger partial charge in [-0.2, -0.15) is 0 Å². The van der Waals surface area contributed by atoms with Crippen molar-refractivity contribution in [1.82, 2.24) is 10.2 Å². The van der Waals surface area contributed by atoms with Gasteiger partial charge in [-0.3, -0.25) is 0 Å². The van der Waals surface area contributed by atoms with Gasteiger partial charge in [-0.1, -0.05) is 34.6 Å². The van der Waals surface area contributed by atoms with Crippen LogP contribution < -0.4 is 5.32 Å². The molecule has 0 atom stereocenters. The van der Waals surface area contributed by atoms with Gasteiger partial charge in [0.25, 0.3) is 0 Å². The van der Waals surface area contributed by atoms with Crippen molar-refractivity contribution in [2.45, 2.75) is 60.3 Å². The largest absolute Gasteiger partial charge is 0.316 e. The van der Waals surface area contributed by atoms with Crippen LogP contribution in [0.25, 0.3) is 0 Å². The molecule has 0 radical (unpaired) electrons. The zero-order valence-corrected chi connectivity index (χ0v) is 13.5. The topological polar surface area (TPSA) is 15.3 Å². The second-order valence-electron chi connectivity index (χ2n) is 6.33. The molecule has 0 rings (SSSR count). The summed E-state index contributed by atoms with van der Waals surface area (Å²) in [5.41, 5.74) is 0. The molecule has 2 heteroatoms. The van der Waals surface area contributed by atoms with Crippen molar-refractivity contribution in [3.05, 3.63) is 0 Å². The second kappa shape index (κ2) is 12.0. The Hall–Kier alpha value is -0.0800. The lowest BCUT2D eigenvalue weighted by Gasteiger charge is -2.22. The van der Waals surface area contributed by atoms with Gasteiger partial charge in [0, 0.05) is 0 Å². The molecule has 0 aromatic rings. The first-order chi connectivity index (χ1) is 8.56. The third-order valence-electron chi connectivity index (χ3n) is 3.18. The minimum atomic E-state index is 0.766. The minimum absolute atomic E-state index is 0.766. The molecule has 0 fully saturated rings. The van der Waals surface area contributed by atoms with Gasteiger partial charge in [0.2, 0.25) is 0 Å². The van der Waals surface area contributed by atoms with E-state index < -0.39 is 0 Å². The number of nitrogens with one attached hydrogen (secondary N) is 1.